The molecular formula is C23H25N3O. The van der Waals surface area contributed by atoms with Crippen molar-refractivity contribution in [2.75, 3.05) is 13.1 Å². The van der Waals surface area contributed by atoms with E-state index in [1.54, 1.807) is 6.20 Å². The Morgan fingerprint density at radius 1 is 1.00 bits per heavy atom. The summed E-state index contributed by atoms with van der Waals surface area (Å²) >= 11 is 0. The minimum absolute atomic E-state index is 0.0949. The molecule has 1 amide bonds. The second-order valence-corrected chi connectivity index (χ2v) is 7.25. The number of benzene rings is 2. The van der Waals surface area contributed by atoms with Crippen LogP contribution in [0.3, 0.4) is 0 Å². The number of rotatable bonds is 3. The lowest BCUT2D eigenvalue weighted by Crippen LogP contribution is -2.34. The highest BCUT2D eigenvalue weighted by Gasteiger charge is 2.26. The molecule has 1 aliphatic rings. The summed E-state index contributed by atoms with van der Waals surface area (Å²) in [7, 11) is 0. The van der Waals surface area contributed by atoms with E-state index >= 15 is 0 Å². The summed E-state index contributed by atoms with van der Waals surface area (Å²) < 4.78 is 1.85. The quantitative estimate of drug-likeness (QED) is 0.686. The Morgan fingerprint density at radius 3 is 2.44 bits per heavy atom. The molecule has 0 aliphatic carbocycles. The monoisotopic (exact) mass is 359 g/mol. The van der Waals surface area contributed by atoms with Crippen molar-refractivity contribution >= 4 is 5.91 Å². The van der Waals surface area contributed by atoms with Crippen LogP contribution in [0.5, 0.6) is 0 Å². The van der Waals surface area contributed by atoms with Crippen molar-refractivity contribution in [2.45, 2.75) is 32.1 Å². The molecule has 0 bridgehead atoms. The molecule has 27 heavy (non-hydrogen) atoms. The van der Waals surface area contributed by atoms with Gasteiger partial charge in [-0.15, -0.1) is 0 Å². The van der Waals surface area contributed by atoms with E-state index in [1.807, 2.05) is 52.9 Å². The number of hydrogen-bond acceptors (Lipinski definition) is 2. The van der Waals surface area contributed by atoms with Gasteiger partial charge in [0.05, 0.1) is 23.1 Å². The second-order valence-electron chi connectivity index (χ2n) is 7.25. The first kappa shape index (κ1) is 17.5. The minimum atomic E-state index is 0.0949. The van der Waals surface area contributed by atoms with Crippen molar-refractivity contribution in [1.82, 2.24) is 14.7 Å². The van der Waals surface area contributed by atoms with Crippen LogP contribution in [0, 0.1) is 6.92 Å². The van der Waals surface area contributed by atoms with Gasteiger partial charge in [-0.05, 0) is 37.5 Å². The molecule has 1 fully saturated rings. The van der Waals surface area contributed by atoms with E-state index in [1.165, 1.54) is 5.56 Å². The first-order valence-corrected chi connectivity index (χ1v) is 9.68. The molecule has 2 aromatic carbocycles. The third-order valence-electron chi connectivity index (χ3n) is 5.47. The first-order valence-electron chi connectivity index (χ1n) is 9.68. The van der Waals surface area contributed by atoms with Crippen LogP contribution in [0.25, 0.3) is 5.69 Å². The molecule has 1 saturated heterocycles. The molecule has 1 atom stereocenters. The van der Waals surface area contributed by atoms with Crippen molar-refractivity contribution < 1.29 is 4.79 Å². The number of nitrogens with zero attached hydrogens (tertiary/aromatic N) is 3. The van der Waals surface area contributed by atoms with Gasteiger partial charge >= 0.3 is 0 Å². The zero-order valence-corrected chi connectivity index (χ0v) is 15.7. The van der Waals surface area contributed by atoms with Gasteiger partial charge in [0.2, 0.25) is 0 Å². The van der Waals surface area contributed by atoms with Crippen molar-refractivity contribution in [1.29, 1.82) is 0 Å². The van der Waals surface area contributed by atoms with E-state index in [4.69, 9.17) is 0 Å². The van der Waals surface area contributed by atoms with Crippen LogP contribution in [-0.2, 0) is 0 Å². The molecule has 1 aromatic heterocycles. The van der Waals surface area contributed by atoms with Gasteiger partial charge in [0.1, 0.15) is 0 Å². The summed E-state index contributed by atoms with van der Waals surface area (Å²) in [6.07, 6.45) is 5.07. The highest BCUT2D eigenvalue weighted by molar-refractivity contribution is 5.95. The van der Waals surface area contributed by atoms with Gasteiger partial charge in [-0.1, -0.05) is 55.0 Å². The minimum Gasteiger partial charge on any atom is -0.338 e. The fraction of sp³-hybridized carbons (Fsp3) is 0.304. The van der Waals surface area contributed by atoms with E-state index in [0.29, 0.717) is 11.5 Å². The van der Waals surface area contributed by atoms with E-state index in [0.717, 1.165) is 43.7 Å². The Hall–Kier alpha value is -2.88. The van der Waals surface area contributed by atoms with E-state index in [-0.39, 0.29) is 5.91 Å². The molecule has 1 aliphatic heterocycles. The molecule has 0 radical (unpaired) electrons. The average Bonchev–Trinajstić information content (AvgIpc) is 2.94. The van der Waals surface area contributed by atoms with Crippen LogP contribution in [0.1, 0.15) is 46.8 Å². The topological polar surface area (TPSA) is 38.1 Å². The normalized spacial score (nSPS) is 17.5. The Bertz CT molecular complexity index is 902. The Labute approximate surface area is 160 Å². The van der Waals surface area contributed by atoms with Crippen LogP contribution in [-0.4, -0.2) is 33.7 Å². The van der Waals surface area contributed by atoms with Gasteiger partial charge in [-0.3, -0.25) is 4.79 Å². The molecule has 1 unspecified atom stereocenters. The maximum Gasteiger partial charge on any atom is 0.257 e. The summed E-state index contributed by atoms with van der Waals surface area (Å²) in [6.45, 7) is 3.57. The number of carbonyl (C=O) groups is 1. The van der Waals surface area contributed by atoms with Crippen LogP contribution in [0.4, 0.5) is 0 Å². The Kier molecular flexibility index (Phi) is 5.05. The van der Waals surface area contributed by atoms with Gasteiger partial charge < -0.3 is 4.90 Å². The molecule has 4 rings (SSSR count). The number of aromatic nitrogens is 2. The molecular weight excluding hydrogens is 334 g/mol. The lowest BCUT2D eigenvalue weighted by molar-refractivity contribution is 0.0753. The molecule has 138 valence electrons. The maximum atomic E-state index is 13.3. The number of hydrogen-bond donors (Lipinski definition) is 0. The predicted molar refractivity (Wildman–Crippen MR) is 107 cm³/mol. The zero-order valence-electron chi connectivity index (χ0n) is 15.7. The smallest absolute Gasteiger partial charge is 0.257 e. The summed E-state index contributed by atoms with van der Waals surface area (Å²) in [4.78, 5) is 15.3. The van der Waals surface area contributed by atoms with Gasteiger partial charge in [0, 0.05) is 19.0 Å². The van der Waals surface area contributed by atoms with E-state index in [2.05, 4.69) is 29.4 Å². The van der Waals surface area contributed by atoms with Crippen LogP contribution < -0.4 is 0 Å². The van der Waals surface area contributed by atoms with Crippen LogP contribution >= 0.6 is 0 Å². The van der Waals surface area contributed by atoms with E-state index < -0.39 is 0 Å². The molecule has 0 spiro atoms. The summed E-state index contributed by atoms with van der Waals surface area (Å²) in [6, 6.07) is 20.5. The zero-order chi connectivity index (χ0) is 18.6. The lowest BCUT2D eigenvalue weighted by Gasteiger charge is -2.25. The van der Waals surface area contributed by atoms with Crippen molar-refractivity contribution in [3.05, 3.63) is 83.7 Å². The highest BCUT2D eigenvalue weighted by Crippen LogP contribution is 2.27. The largest absolute Gasteiger partial charge is 0.338 e. The van der Waals surface area contributed by atoms with Gasteiger partial charge in [0.25, 0.3) is 5.91 Å². The number of likely N-dealkylation sites (tertiary alicyclic amines) is 1. The third-order valence-corrected chi connectivity index (χ3v) is 5.47. The summed E-state index contributed by atoms with van der Waals surface area (Å²) in [5, 5.41) is 4.47. The Morgan fingerprint density at radius 2 is 1.70 bits per heavy atom. The first-order chi connectivity index (χ1) is 13.2. The molecule has 0 saturated carbocycles. The number of para-hydroxylation sites is 1. The lowest BCUT2D eigenvalue weighted by atomic mass is 9.94. The van der Waals surface area contributed by atoms with Crippen LogP contribution in [0.15, 0.2) is 66.9 Å². The molecule has 3 aromatic rings. The average molecular weight is 359 g/mol. The fourth-order valence-corrected chi connectivity index (χ4v) is 3.94. The van der Waals surface area contributed by atoms with Gasteiger partial charge in [-0.25, -0.2) is 4.68 Å². The maximum absolute atomic E-state index is 13.3. The Balaban J connectivity index is 1.58. The predicted octanol–water partition coefficient (Wildman–Crippen LogP) is 4.59. The summed E-state index contributed by atoms with van der Waals surface area (Å²) in [5.74, 6) is 0.500. The van der Waals surface area contributed by atoms with Crippen molar-refractivity contribution in [2.24, 2.45) is 0 Å². The van der Waals surface area contributed by atoms with Crippen molar-refractivity contribution in [3.63, 3.8) is 0 Å². The summed E-state index contributed by atoms with van der Waals surface area (Å²) in [5.41, 5.74) is 3.90. The number of carbonyl (C=O) groups excluding carboxylic acids is 1. The SMILES string of the molecule is Cc1c(C(=O)N2CCCCC(c3ccccc3)C2)cnn1-c1ccccc1. The van der Waals surface area contributed by atoms with E-state index in [9.17, 15) is 4.79 Å². The standard InChI is InChI=1S/C23H25N3O/c1-18-22(16-24-26(18)21-13-6-3-7-14-21)23(27)25-15-9-8-12-20(17-25)19-10-4-2-5-11-19/h2-7,10-11,13-14,16,20H,8-9,12,15,17H2,1H3. The van der Waals surface area contributed by atoms with Gasteiger partial charge in [0.15, 0.2) is 0 Å². The number of amides is 1. The van der Waals surface area contributed by atoms with Crippen LogP contribution in [0.2, 0.25) is 0 Å². The molecule has 0 N–H and O–H groups in total. The second kappa shape index (κ2) is 7.78. The third kappa shape index (κ3) is 3.65. The fourth-order valence-electron chi connectivity index (χ4n) is 3.94. The molecule has 2 heterocycles. The highest BCUT2D eigenvalue weighted by atomic mass is 16.2. The van der Waals surface area contributed by atoms with Crippen molar-refractivity contribution in [3.8, 4) is 5.69 Å². The molecule has 4 heteroatoms. The van der Waals surface area contributed by atoms with Gasteiger partial charge in [-0.2, -0.15) is 5.10 Å². The molecule has 4 nitrogen and oxygen atoms in total.